The molecule has 30 heavy (non-hydrogen) atoms. The summed E-state index contributed by atoms with van der Waals surface area (Å²) in [5, 5.41) is 3.57. The van der Waals surface area contributed by atoms with E-state index in [9.17, 15) is 0 Å². The van der Waals surface area contributed by atoms with Gasteiger partial charge in [0.05, 0.1) is 0 Å². The van der Waals surface area contributed by atoms with Crippen LogP contribution in [-0.2, 0) is 0 Å². The minimum Gasteiger partial charge on any atom is -0.486 e. The third-order valence-electron chi connectivity index (χ3n) is 5.54. The molecule has 8 heteroatoms. The first-order chi connectivity index (χ1) is 13.8. The van der Waals surface area contributed by atoms with Crippen molar-refractivity contribution in [1.29, 1.82) is 0 Å². The molecule has 5 rings (SSSR count). The molecule has 1 saturated heterocycles. The lowest BCUT2D eigenvalue weighted by molar-refractivity contribution is 0.0894. The maximum absolute atomic E-state index is 6.01. The Kier molecular flexibility index (Phi) is 7.69. The number of hydrogen-bond donors (Lipinski definition) is 1. The van der Waals surface area contributed by atoms with Crippen LogP contribution in [-0.4, -0.2) is 43.9 Å². The van der Waals surface area contributed by atoms with Crippen molar-refractivity contribution in [3.63, 3.8) is 0 Å². The summed E-state index contributed by atoms with van der Waals surface area (Å²) in [6.45, 7) is 4.37. The number of oxazole rings is 1. The number of piperidine rings is 1. The Balaban J connectivity index is 0.00000128. The number of benzene rings is 2. The van der Waals surface area contributed by atoms with Gasteiger partial charge in [-0.2, -0.15) is 4.98 Å². The molecular formula is C22H27Cl2N3O3. The number of nitrogens with zero attached hydrogens (tertiary/aromatic N) is 2. The molecule has 0 radical (unpaired) electrons. The van der Waals surface area contributed by atoms with Gasteiger partial charge in [0.2, 0.25) is 0 Å². The SMILES string of the molecule is Cl.Cl.c1ccc2c(c1)OCC(CNCC1CCN(c3nc4ccccc4o3)CC1)O2. The van der Waals surface area contributed by atoms with Crippen LogP contribution in [0.3, 0.4) is 0 Å². The van der Waals surface area contributed by atoms with Crippen LogP contribution >= 0.6 is 24.8 Å². The number of ether oxygens (including phenoxy) is 2. The summed E-state index contributed by atoms with van der Waals surface area (Å²) in [5.41, 5.74) is 1.79. The number of rotatable bonds is 5. The normalized spacial score (nSPS) is 18.5. The molecule has 1 fully saturated rings. The van der Waals surface area contributed by atoms with Crippen molar-refractivity contribution in [2.45, 2.75) is 18.9 Å². The van der Waals surface area contributed by atoms with Crippen molar-refractivity contribution in [3.8, 4) is 11.5 Å². The van der Waals surface area contributed by atoms with E-state index in [2.05, 4.69) is 15.2 Å². The van der Waals surface area contributed by atoms with E-state index in [0.29, 0.717) is 12.5 Å². The molecule has 162 valence electrons. The summed E-state index contributed by atoms with van der Waals surface area (Å²) in [7, 11) is 0. The van der Waals surface area contributed by atoms with E-state index in [1.807, 2.05) is 48.5 Å². The molecule has 0 amide bonds. The smallest absolute Gasteiger partial charge is 0.298 e. The average molecular weight is 452 g/mol. The van der Waals surface area contributed by atoms with Gasteiger partial charge in [0.25, 0.3) is 6.01 Å². The predicted octanol–water partition coefficient (Wildman–Crippen LogP) is 4.32. The molecule has 2 aliphatic heterocycles. The molecule has 0 aliphatic carbocycles. The molecule has 2 aliphatic rings. The van der Waals surface area contributed by atoms with Crippen LogP contribution < -0.4 is 19.7 Å². The van der Waals surface area contributed by atoms with Gasteiger partial charge in [0.15, 0.2) is 17.1 Å². The number of hydrogen-bond acceptors (Lipinski definition) is 6. The Morgan fingerprint density at radius 3 is 2.47 bits per heavy atom. The van der Waals surface area contributed by atoms with E-state index in [0.717, 1.165) is 67.6 Å². The zero-order valence-electron chi connectivity index (χ0n) is 16.7. The minimum absolute atomic E-state index is 0. The van der Waals surface area contributed by atoms with Gasteiger partial charge in [-0.3, -0.25) is 0 Å². The molecule has 0 saturated carbocycles. The zero-order valence-corrected chi connectivity index (χ0v) is 18.3. The van der Waals surface area contributed by atoms with Crippen molar-refractivity contribution < 1.29 is 13.9 Å². The van der Waals surface area contributed by atoms with Gasteiger partial charge in [-0.25, -0.2) is 0 Å². The van der Waals surface area contributed by atoms with E-state index < -0.39 is 0 Å². The van der Waals surface area contributed by atoms with Crippen LogP contribution in [0.25, 0.3) is 11.1 Å². The van der Waals surface area contributed by atoms with Gasteiger partial charge in [0, 0.05) is 19.6 Å². The summed E-state index contributed by atoms with van der Waals surface area (Å²) in [6, 6.07) is 16.5. The van der Waals surface area contributed by atoms with Gasteiger partial charge in [-0.1, -0.05) is 24.3 Å². The van der Waals surface area contributed by atoms with Crippen molar-refractivity contribution >= 4 is 41.9 Å². The van der Waals surface area contributed by atoms with Crippen molar-refractivity contribution in [2.24, 2.45) is 5.92 Å². The topological polar surface area (TPSA) is 59.8 Å². The highest BCUT2D eigenvalue weighted by Crippen LogP contribution is 2.31. The first-order valence-electron chi connectivity index (χ1n) is 10.0. The predicted molar refractivity (Wildman–Crippen MR) is 123 cm³/mol. The Hall–Kier alpha value is -2.15. The second-order valence-corrected chi connectivity index (χ2v) is 7.55. The Labute approximate surface area is 188 Å². The number of anilines is 1. The third-order valence-corrected chi connectivity index (χ3v) is 5.54. The quantitative estimate of drug-likeness (QED) is 0.623. The molecule has 2 aromatic carbocycles. The summed E-state index contributed by atoms with van der Waals surface area (Å²) in [5.74, 6) is 2.34. The van der Waals surface area contributed by atoms with Crippen LogP contribution in [0.4, 0.5) is 6.01 Å². The average Bonchev–Trinajstić information content (AvgIpc) is 3.18. The highest BCUT2D eigenvalue weighted by atomic mass is 35.5. The lowest BCUT2D eigenvalue weighted by Crippen LogP contribution is -2.42. The maximum atomic E-state index is 6.01. The molecule has 1 aromatic heterocycles. The molecular weight excluding hydrogens is 425 g/mol. The molecule has 1 atom stereocenters. The second kappa shape index (κ2) is 10.2. The highest BCUT2D eigenvalue weighted by molar-refractivity contribution is 5.85. The molecule has 1 unspecified atom stereocenters. The number of nitrogens with one attached hydrogen (secondary N) is 1. The molecule has 1 N–H and O–H groups in total. The molecule has 6 nitrogen and oxygen atoms in total. The Morgan fingerprint density at radius 1 is 0.933 bits per heavy atom. The van der Waals surface area contributed by atoms with Crippen LogP contribution in [0.2, 0.25) is 0 Å². The third kappa shape index (κ3) is 4.94. The minimum atomic E-state index is 0. The number of halogens is 2. The lowest BCUT2D eigenvalue weighted by atomic mass is 9.97. The second-order valence-electron chi connectivity index (χ2n) is 7.55. The van der Waals surface area contributed by atoms with Gasteiger partial charge in [0.1, 0.15) is 18.2 Å². The number of fused-ring (bicyclic) bond motifs is 2. The van der Waals surface area contributed by atoms with Crippen LogP contribution in [0, 0.1) is 5.92 Å². The molecule has 0 bridgehead atoms. The van der Waals surface area contributed by atoms with Crippen molar-refractivity contribution in [2.75, 3.05) is 37.7 Å². The van der Waals surface area contributed by atoms with Crippen molar-refractivity contribution in [1.82, 2.24) is 10.3 Å². The largest absolute Gasteiger partial charge is 0.486 e. The van der Waals surface area contributed by atoms with E-state index >= 15 is 0 Å². The zero-order chi connectivity index (χ0) is 18.8. The van der Waals surface area contributed by atoms with Gasteiger partial charge < -0.3 is 24.1 Å². The Bertz CT molecular complexity index is 911. The Morgan fingerprint density at radius 2 is 1.67 bits per heavy atom. The summed E-state index contributed by atoms with van der Waals surface area (Å²) in [6.07, 6.45) is 2.34. The molecule has 3 aromatic rings. The van der Waals surface area contributed by atoms with Crippen LogP contribution in [0.15, 0.2) is 52.9 Å². The van der Waals surface area contributed by atoms with Crippen LogP contribution in [0.5, 0.6) is 11.5 Å². The molecule has 0 spiro atoms. The van der Waals surface area contributed by atoms with Crippen LogP contribution in [0.1, 0.15) is 12.8 Å². The summed E-state index contributed by atoms with van der Waals surface area (Å²) < 4.78 is 17.7. The number of aromatic nitrogens is 1. The molecule has 3 heterocycles. The van der Waals surface area contributed by atoms with Gasteiger partial charge in [-0.05, 0) is 49.6 Å². The lowest BCUT2D eigenvalue weighted by Gasteiger charge is -2.31. The fraction of sp³-hybridized carbons (Fsp3) is 0.409. The fourth-order valence-electron chi connectivity index (χ4n) is 3.94. The van der Waals surface area contributed by atoms with Gasteiger partial charge >= 0.3 is 0 Å². The first-order valence-corrected chi connectivity index (χ1v) is 10.0. The first kappa shape index (κ1) is 22.5. The standard InChI is InChI=1S/C22H25N3O3.2ClH/c1-2-6-19-18(5-1)24-22(28-19)25-11-9-16(10-12-25)13-23-14-17-15-26-20-7-3-4-8-21(20)27-17;;/h1-8,16-17,23H,9-15H2;2*1H. The maximum Gasteiger partial charge on any atom is 0.298 e. The highest BCUT2D eigenvalue weighted by Gasteiger charge is 2.24. The number of para-hydroxylation sites is 4. The van der Waals surface area contributed by atoms with E-state index in [4.69, 9.17) is 13.9 Å². The fourth-order valence-corrected chi connectivity index (χ4v) is 3.94. The summed E-state index contributed by atoms with van der Waals surface area (Å²) in [4.78, 5) is 6.87. The van der Waals surface area contributed by atoms with Gasteiger partial charge in [-0.15, -0.1) is 24.8 Å². The van der Waals surface area contributed by atoms with E-state index in [1.54, 1.807) is 0 Å². The van der Waals surface area contributed by atoms with E-state index in [1.165, 1.54) is 0 Å². The summed E-state index contributed by atoms with van der Waals surface area (Å²) >= 11 is 0. The van der Waals surface area contributed by atoms with Crippen molar-refractivity contribution in [3.05, 3.63) is 48.5 Å². The monoisotopic (exact) mass is 451 g/mol. The van der Waals surface area contributed by atoms with E-state index in [-0.39, 0.29) is 30.9 Å².